The summed E-state index contributed by atoms with van der Waals surface area (Å²) in [7, 11) is 0. The van der Waals surface area contributed by atoms with Gasteiger partial charge in [-0.05, 0) is 42.5 Å². The van der Waals surface area contributed by atoms with Crippen molar-refractivity contribution in [2.45, 2.75) is 32.5 Å². The molecule has 0 radical (unpaired) electrons. The Labute approximate surface area is 180 Å². The summed E-state index contributed by atoms with van der Waals surface area (Å²) in [6.07, 6.45) is 2.41. The molecule has 4 nitrogen and oxygen atoms in total. The van der Waals surface area contributed by atoms with Crippen LogP contribution in [0.15, 0.2) is 36.4 Å². The predicted octanol–water partition coefficient (Wildman–Crippen LogP) is 5.02. The topological polar surface area (TPSA) is 41.9 Å². The Hall–Kier alpha value is -0.860. The van der Waals surface area contributed by atoms with E-state index in [1.165, 1.54) is 0 Å². The minimum atomic E-state index is 0.0213. The Bertz CT molecular complexity index is 771. The van der Waals surface area contributed by atoms with Gasteiger partial charge >= 0.3 is 0 Å². The van der Waals surface area contributed by atoms with E-state index in [-0.39, 0.29) is 6.61 Å². The molecule has 0 aromatic heterocycles. The van der Waals surface area contributed by atoms with Crippen molar-refractivity contribution in [3.05, 3.63) is 52.5 Å². The molecule has 6 heteroatoms. The molecule has 0 spiro atoms. The number of likely N-dealkylation sites (tertiary alicyclic amines) is 1. The summed E-state index contributed by atoms with van der Waals surface area (Å²) in [5.74, 6) is 0.706. The fourth-order valence-electron chi connectivity index (χ4n) is 3.52. The molecule has 0 unspecified atom stereocenters. The van der Waals surface area contributed by atoms with Gasteiger partial charge in [0.15, 0.2) is 0 Å². The second kappa shape index (κ2) is 10.1. The second-order valence-electron chi connectivity index (χ2n) is 6.87. The number of aliphatic hydroxyl groups excluding tert-OH is 1. The van der Waals surface area contributed by atoms with E-state index in [1.54, 1.807) is 0 Å². The van der Waals surface area contributed by atoms with E-state index in [0.29, 0.717) is 23.5 Å². The summed E-state index contributed by atoms with van der Waals surface area (Å²) in [4.78, 5) is 2.41. The molecule has 0 bridgehead atoms. The SMILES string of the molecule is Cc1c(CO)cccc1-c1cccc(OCCCN2CC[C@@H](OI)C2)c1Cl. The van der Waals surface area contributed by atoms with Crippen LogP contribution in [0.5, 0.6) is 5.75 Å². The van der Waals surface area contributed by atoms with Gasteiger partial charge in [-0.2, -0.15) is 0 Å². The summed E-state index contributed by atoms with van der Waals surface area (Å²) in [5, 5.41) is 10.1. The van der Waals surface area contributed by atoms with Crippen LogP contribution in [0.25, 0.3) is 11.1 Å². The first-order valence-corrected chi connectivity index (χ1v) is 10.5. The molecular weight excluding hydrogens is 477 g/mol. The van der Waals surface area contributed by atoms with Gasteiger partial charge in [0.05, 0.1) is 24.3 Å². The third kappa shape index (κ3) is 5.15. The van der Waals surface area contributed by atoms with Crippen LogP contribution in [0.3, 0.4) is 0 Å². The highest BCUT2D eigenvalue weighted by molar-refractivity contribution is 14.1. The Morgan fingerprint density at radius 2 is 2.00 bits per heavy atom. The van der Waals surface area contributed by atoms with Crippen LogP contribution in [-0.4, -0.2) is 42.4 Å². The number of hydrogen-bond donors (Lipinski definition) is 1. The summed E-state index contributed by atoms with van der Waals surface area (Å²) in [6, 6.07) is 11.8. The fourth-order valence-corrected chi connectivity index (χ4v) is 4.22. The Morgan fingerprint density at radius 3 is 2.74 bits per heavy atom. The fraction of sp³-hybridized carbons (Fsp3) is 0.429. The van der Waals surface area contributed by atoms with E-state index in [9.17, 15) is 5.11 Å². The van der Waals surface area contributed by atoms with Gasteiger partial charge < -0.3 is 17.8 Å². The average molecular weight is 502 g/mol. The van der Waals surface area contributed by atoms with Crippen LogP contribution in [0.4, 0.5) is 0 Å². The molecule has 1 saturated heterocycles. The van der Waals surface area contributed by atoms with Gasteiger partial charge in [-0.25, -0.2) is 0 Å². The Kier molecular flexibility index (Phi) is 7.78. The third-order valence-corrected chi connectivity index (χ3v) is 6.21. The quantitative estimate of drug-likeness (QED) is 0.408. The third-order valence-electron chi connectivity index (χ3n) is 5.10. The molecule has 1 N–H and O–H groups in total. The molecule has 1 atom stereocenters. The monoisotopic (exact) mass is 501 g/mol. The van der Waals surface area contributed by atoms with Crippen molar-refractivity contribution in [2.75, 3.05) is 26.2 Å². The van der Waals surface area contributed by atoms with E-state index in [2.05, 4.69) is 4.90 Å². The second-order valence-corrected chi connectivity index (χ2v) is 7.75. The molecule has 0 aliphatic carbocycles. The Balaban J connectivity index is 1.62. The zero-order valence-corrected chi connectivity index (χ0v) is 18.4. The van der Waals surface area contributed by atoms with Crippen molar-refractivity contribution in [1.29, 1.82) is 0 Å². The molecule has 2 aromatic carbocycles. The molecule has 3 rings (SSSR count). The van der Waals surface area contributed by atoms with Gasteiger partial charge in [-0.1, -0.05) is 41.9 Å². The maximum absolute atomic E-state index is 9.51. The zero-order chi connectivity index (χ0) is 19.2. The summed E-state index contributed by atoms with van der Waals surface area (Å²) < 4.78 is 11.3. The lowest BCUT2D eigenvalue weighted by atomic mass is 9.96. The van der Waals surface area contributed by atoms with Crippen LogP contribution in [0.1, 0.15) is 24.0 Å². The first-order chi connectivity index (χ1) is 13.1. The largest absolute Gasteiger partial charge is 0.492 e. The average Bonchev–Trinajstić information content (AvgIpc) is 3.15. The molecule has 146 valence electrons. The molecule has 1 aliphatic rings. The molecule has 1 fully saturated rings. The lowest BCUT2D eigenvalue weighted by Gasteiger charge is -2.17. The number of nitrogens with zero attached hydrogens (tertiary/aromatic N) is 1. The molecule has 1 aliphatic heterocycles. The molecule has 2 aromatic rings. The van der Waals surface area contributed by atoms with Crippen molar-refractivity contribution in [2.24, 2.45) is 0 Å². The molecule has 1 heterocycles. The van der Waals surface area contributed by atoms with Crippen molar-refractivity contribution in [1.82, 2.24) is 4.90 Å². The number of rotatable bonds is 8. The maximum Gasteiger partial charge on any atom is 0.138 e. The predicted molar refractivity (Wildman–Crippen MR) is 118 cm³/mol. The normalized spacial score (nSPS) is 17.4. The first kappa shape index (κ1) is 20.9. The summed E-state index contributed by atoms with van der Waals surface area (Å²) >= 11 is 8.63. The smallest absolute Gasteiger partial charge is 0.138 e. The maximum atomic E-state index is 9.51. The van der Waals surface area contributed by atoms with E-state index in [0.717, 1.165) is 54.7 Å². The number of aliphatic hydroxyl groups is 1. The number of ether oxygens (including phenoxy) is 1. The van der Waals surface area contributed by atoms with Crippen molar-refractivity contribution < 1.29 is 12.9 Å². The summed E-state index contributed by atoms with van der Waals surface area (Å²) in [5.41, 5.74) is 3.91. The minimum absolute atomic E-state index is 0.0213. The van der Waals surface area contributed by atoms with Crippen LogP contribution >= 0.6 is 34.6 Å². The lowest BCUT2D eigenvalue weighted by molar-refractivity contribution is 0.237. The van der Waals surface area contributed by atoms with Gasteiger partial charge in [0, 0.05) is 25.2 Å². The van der Waals surface area contributed by atoms with Gasteiger partial charge in [-0.3, -0.25) is 0 Å². The highest BCUT2D eigenvalue weighted by atomic mass is 127. The highest BCUT2D eigenvalue weighted by Gasteiger charge is 2.22. The number of hydrogen-bond acceptors (Lipinski definition) is 4. The standard InChI is InChI=1S/C21H25ClINO3/c1-15-16(14-25)5-2-6-18(15)19-7-3-8-20(21(19)22)26-12-4-10-24-11-9-17(13-24)27-23/h2-3,5-8,17,25H,4,9-14H2,1H3/t17-/m1/s1. The van der Waals surface area contributed by atoms with Crippen LogP contribution in [-0.2, 0) is 9.67 Å². The van der Waals surface area contributed by atoms with Gasteiger partial charge in [-0.15, -0.1) is 0 Å². The highest BCUT2D eigenvalue weighted by Crippen LogP contribution is 2.37. The number of halogens is 2. The van der Waals surface area contributed by atoms with Gasteiger partial charge in [0.2, 0.25) is 0 Å². The molecule has 27 heavy (non-hydrogen) atoms. The first-order valence-electron chi connectivity index (χ1n) is 9.24. The number of benzene rings is 2. The van der Waals surface area contributed by atoms with Crippen molar-refractivity contribution >= 4 is 34.6 Å². The van der Waals surface area contributed by atoms with E-state index in [1.807, 2.05) is 66.3 Å². The molecule has 0 saturated carbocycles. The zero-order valence-electron chi connectivity index (χ0n) is 15.5. The van der Waals surface area contributed by atoms with Crippen LogP contribution in [0.2, 0.25) is 5.02 Å². The molecule has 0 amide bonds. The van der Waals surface area contributed by atoms with Gasteiger partial charge in [0.1, 0.15) is 28.8 Å². The lowest BCUT2D eigenvalue weighted by Crippen LogP contribution is -2.24. The van der Waals surface area contributed by atoms with Crippen molar-refractivity contribution in [3.8, 4) is 16.9 Å². The van der Waals surface area contributed by atoms with Gasteiger partial charge in [0.25, 0.3) is 0 Å². The molecular formula is C21H25ClINO3. The minimum Gasteiger partial charge on any atom is -0.492 e. The van der Waals surface area contributed by atoms with Crippen molar-refractivity contribution in [3.63, 3.8) is 0 Å². The van der Waals surface area contributed by atoms with E-state index in [4.69, 9.17) is 19.4 Å². The Morgan fingerprint density at radius 1 is 1.22 bits per heavy atom. The van der Waals surface area contributed by atoms with E-state index < -0.39 is 0 Å². The van der Waals surface area contributed by atoms with Crippen LogP contribution < -0.4 is 4.74 Å². The van der Waals surface area contributed by atoms with E-state index >= 15 is 0 Å². The summed E-state index contributed by atoms with van der Waals surface area (Å²) in [6.45, 7) is 5.75. The van der Waals surface area contributed by atoms with Crippen LogP contribution in [0, 0.1) is 6.92 Å².